The van der Waals surface area contributed by atoms with E-state index in [1.807, 2.05) is 39.8 Å². The molecule has 5 nitrogen and oxygen atoms in total. The third-order valence-corrected chi connectivity index (χ3v) is 3.05. The van der Waals surface area contributed by atoms with Gasteiger partial charge >= 0.3 is 6.09 Å². The van der Waals surface area contributed by atoms with Gasteiger partial charge in [0.05, 0.1) is 12.2 Å². The SMILES string of the molecule is Cc1ncccc1OC1CCN(C(=O)OC(C)(C)C)C1. The maximum Gasteiger partial charge on any atom is 0.410 e. The summed E-state index contributed by atoms with van der Waals surface area (Å²) in [6, 6.07) is 3.75. The summed E-state index contributed by atoms with van der Waals surface area (Å²) in [4.78, 5) is 17.9. The molecule has 1 aromatic rings. The molecule has 2 rings (SSSR count). The smallest absolute Gasteiger partial charge is 0.410 e. The first-order valence-electron chi connectivity index (χ1n) is 6.91. The lowest BCUT2D eigenvalue weighted by Crippen LogP contribution is -2.36. The molecule has 1 unspecified atom stereocenters. The number of likely N-dealkylation sites (tertiary alicyclic amines) is 1. The number of aromatic nitrogens is 1. The summed E-state index contributed by atoms with van der Waals surface area (Å²) in [7, 11) is 0. The predicted molar refractivity (Wildman–Crippen MR) is 75.8 cm³/mol. The summed E-state index contributed by atoms with van der Waals surface area (Å²) in [6.07, 6.45) is 2.29. The van der Waals surface area contributed by atoms with E-state index in [9.17, 15) is 4.79 Å². The summed E-state index contributed by atoms with van der Waals surface area (Å²) in [5, 5.41) is 0. The quantitative estimate of drug-likeness (QED) is 0.834. The predicted octanol–water partition coefficient (Wildman–Crippen LogP) is 2.78. The third kappa shape index (κ3) is 3.85. The Balaban J connectivity index is 1.90. The van der Waals surface area contributed by atoms with Crippen LogP contribution in [0.15, 0.2) is 18.3 Å². The van der Waals surface area contributed by atoms with Gasteiger partial charge in [-0.2, -0.15) is 0 Å². The number of carbonyl (C=O) groups excluding carboxylic acids is 1. The zero-order chi connectivity index (χ0) is 14.8. The van der Waals surface area contributed by atoms with Crippen molar-refractivity contribution in [1.82, 2.24) is 9.88 Å². The van der Waals surface area contributed by atoms with E-state index < -0.39 is 5.60 Å². The molecule has 2 heterocycles. The molecule has 0 radical (unpaired) electrons. The normalized spacial score (nSPS) is 19.0. The minimum absolute atomic E-state index is 0.00502. The van der Waals surface area contributed by atoms with Crippen LogP contribution in [0.5, 0.6) is 5.75 Å². The Morgan fingerprint density at radius 1 is 1.45 bits per heavy atom. The van der Waals surface area contributed by atoms with E-state index in [0.717, 1.165) is 17.9 Å². The number of hydrogen-bond donors (Lipinski definition) is 0. The highest BCUT2D eigenvalue weighted by Crippen LogP contribution is 2.21. The van der Waals surface area contributed by atoms with Crippen molar-refractivity contribution in [1.29, 1.82) is 0 Å². The molecule has 0 bridgehead atoms. The van der Waals surface area contributed by atoms with E-state index in [4.69, 9.17) is 9.47 Å². The summed E-state index contributed by atoms with van der Waals surface area (Å²) < 4.78 is 11.3. The third-order valence-electron chi connectivity index (χ3n) is 3.05. The summed E-state index contributed by atoms with van der Waals surface area (Å²) >= 11 is 0. The summed E-state index contributed by atoms with van der Waals surface area (Å²) in [5.74, 6) is 0.781. The van der Waals surface area contributed by atoms with Crippen molar-refractivity contribution in [3.05, 3.63) is 24.0 Å². The fourth-order valence-electron chi connectivity index (χ4n) is 2.09. The van der Waals surface area contributed by atoms with Gasteiger partial charge < -0.3 is 14.4 Å². The largest absolute Gasteiger partial charge is 0.487 e. The second-order valence-corrected chi connectivity index (χ2v) is 6.04. The molecule has 1 aliphatic heterocycles. The van der Waals surface area contributed by atoms with Crippen molar-refractivity contribution in [3.8, 4) is 5.75 Å². The van der Waals surface area contributed by atoms with Crippen molar-refractivity contribution < 1.29 is 14.3 Å². The Morgan fingerprint density at radius 2 is 2.20 bits per heavy atom. The van der Waals surface area contributed by atoms with E-state index in [0.29, 0.717) is 13.1 Å². The Hall–Kier alpha value is -1.78. The van der Waals surface area contributed by atoms with Crippen LogP contribution in [0.4, 0.5) is 4.79 Å². The Kier molecular flexibility index (Phi) is 4.16. The first-order chi connectivity index (χ1) is 9.35. The van der Waals surface area contributed by atoms with Gasteiger partial charge in [-0.1, -0.05) is 0 Å². The van der Waals surface area contributed by atoms with Gasteiger partial charge in [0.1, 0.15) is 17.5 Å². The molecule has 1 fully saturated rings. The lowest BCUT2D eigenvalue weighted by Gasteiger charge is -2.24. The molecule has 1 aromatic heterocycles. The van der Waals surface area contributed by atoms with E-state index in [1.165, 1.54) is 0 Å². The minimum Gasteiger partial charge on any atom is -0.487 e. The second-order valence-electron chi connectivity index (χ2n) is 6.04. The molecular formula is C15H22N2O3. The van der Waals surface area contributed by atoms with Crippen molar-refractivity contribution in [2.24, 2.45) is 0 Å². The second kappa shape index (κ2) is 5.69. The highest BCUT2D eigenvalue weighted by molar-refractivity contribution is 5.68. The minimum atomic E-state index is -0.462. The number of amides is 1. The van der Waals surface area contributed by atoms with Crippen LogP contribution >= 0.6 is 0 Å². The molecule has 1 atom stereocenters. The average molecular weight is 278 g/mol. The van der Waals surface area contributed by atoms with Gasteiger partial charge in [-0.3, -0.25) is 4.98 Å². The maximum atomic E-state index is 12.0. The van der Waals surface area contributed by atoms with Crippen LogP contribution in [0, 0.1) is 6.92 Å². The van der Waals surface area contributed by atoms with Crippen LogP contribution in [-0.2, 0) is 4.74 Å². The van der Waals surface area contributed by atoms with Crippen LogP contribution in [-0.4, -0.2) is 40.8 Å². The number of hydrogen-bond acceptors (Lipinski definition) is 4. The summed E-state index contributed by atoms with van der Waals surface area (Å²) in [5.41, 5.74) is 0.402. The number of ether oxygens (including phenoxy) is 2. The molecule has 5 heteroatoms. The van der Waals surface area contributed by atoms with Crippen molar-refractivity contribution in [2.45, 2.75) is 45.8 Å². The number of carbonyl (C=O) groups is 1. The molecule has 1 saturated heterocycles. The van der Waals surface area contributed by atoms with Gasteiger partial charge in [0.15, 0.2) is 0 Å². The Morgan fingerprint density at radius 3 is 2.85 bits per heavy atom. The lowest BCUT2D eigenvalue weighted by atomic mass is 10.2. The first kappa shape index (κ1) is 14.6. The van der Waals surface area contributed by atoms with E-state index in [1.54, 1.807) is 11.1 Å². The van der Waals surface area contributed by atoms with Gasteiger partial charge in [-0.25, -0.2) is 4.79 Å². The Bertz CT molecular complexity index is 482. The first-order valence-corrected chi connectivity index (χ1v) is 6.91. The van der Waals surface area contributed by atoms with Gasteiger partial charge in [0.2, 0.25) is 0 Å². The van der Waals surface area contributed by atoms with Gasteiger partial charge in [-0.15, -0.1) is 0 Å². The number of rotatable bonds is 2. The molecule has 0 aliphatic carbocycles. The number of pyridine rings is 1. The molecule has 20 heavy (non-hydrogen) atoms. The fourth-order valence-corrected chi connectivity index (χ4v) is 2.09. The molecule has 0 saturated carbocycles. The van der Waals surface area contributed by atoms with Gasteiger partial charge in [0, 0.05) is 19.2 Å². The van der Waals surface area contributed by atoms with E-state index >= 15 is 0 Å². The fraction of sp³-hybridized carbons (Fsp3) is 0.600. The van der Waals surface area contributed by atoms with Crippen LogP contribution in [0.3, 0.4) is 0 Å². The van der Waals surface area contributed by atoms with E-state index in [2.05, 4.69) is 4.98 Å². The monoisotopic (exact) mass is 278 g/mol. The Labute approximate surface area is 119 Å². The molecule has 1 amide bonds. The van der Waals surface area contributed by atoms with Crippen molar-refractivity contribution in [2.75, 3.05) is 13.1 Å². The van der Waals surface area contributed by atoms with Gasteiger partial charge in [0.25, 0.3) is 0 Å². The van der Waals surface area contributed by atoms with Crippen molar-refractivity contribution in [3.63, 3.8) is 0 Å². The highest BCUT2D eigenvalue weighted by Gasteiger charge is 2.31. The topological polar surface area (TPSA) is 51.7 Å². The molecule has 1 aliphatic rings. The van der Waals surface area contributed by atoms with Crippen LogP contribution in [0.1, 0.15) is 32.9 Å². The molecular weight excluding hydrogens is 256 g/mol. The summed E-state index contributed by atoms with van der Waals surface area (Å²) in [6.45, 7) is 8.74. The standard InChI is InChI=1S/C15H22N2O3/c1-11-13(6-5-8-16-11)19-12-7-9-17(10-12)14(18)20-15(2,3)4/h5-6,8,12H,7,9-10H2,1-4H3. The molecule has 0 spiro atoms. The van der Waals surface area contributed by atoms with E-state index in [-0.39, 0.29) is 12.2 Å². The number of nitrogens with zero attached hydrogens (tertiary/aromatic N) is 2. The molecule has 0 N–H and O–H groups in total. The molecule has 0 aromatic carbocycles. The van der Waals surface area contributed by atoms with Crippen LogP contribution < -0.4 is 4.74 Å². The highest BCUT2D eigenvalue weighted by atomic mass is 16.6. The zero-order valence-corrected chi connectivity index (χ0v) is 12.5. The lowest BCUT2D eigenvalue weighted by molar-refractivity contribution is 0.0275. The molecule has 110 valence electrons. The average Bonchev–Trinajstić information content (AvgIpc) is 2.79. The number of aryl methyl sites for hydroxylation is 1. The van der Waals surface area contributed by atoms with Gasteiger partial charge in [-0.05, 0) is 39.8 Å². The zero-order valence-electron chi connectivity index (χ0n) is 12.5. The van der Waals surface area contributed by atoms with Crippen LogP contribution in [0.25, 0.3) is 0 Å². The van der Waals surface area contributed by atoms with Crippen LogP contribution in [0.2, 0.25) is 0 Å². The maximum absolute atomic E-state index is 12.0. The van der Waals surface area contributed by atoms with Crippen molar-refractivity contribution >= 4 is 6.09 Å².